The lowest BCUT2D eigenvalue weighted by molar-refractivity contribution is -0.870. The summed E-state index contributed by atoms with van der Waals surface area (Å²) in [5.74, 6) is -0.884. The average molecular weight is 825 g/mol. The third-order valence-corrected chi connectivity index (χ3v) is 10.7. The van der Waals surface area contributed by atoms with E-state index in [0.29, 0.717) is 23.9 Å². The van der Waals surface area contributed by atoms with Gasteiger partial charge in [0.05, 0.1) is 40.0 Å². The Bertz CT molecular complexity index is 1180. The van der Waals surface area contributed by atoms with Crippen LogP contribution in [0.25, 0.3) is 0 Å². The van der Waals surface area contributed by atoms with E-state index in [1.807, 2.05) is 21.1 Å². The van der Waals surface area contributed by atoms with Crippen molar-refractivity contribution in [2.24, 2.45) is 0 Å². The van der Waals surface area contributed by atoms with E-state index in [0.717, 1.165) is 57.8 Å². The number of rotatable bonds is 39. The Hall–Kier alpha value is -2.07. The number of nitrogens with zero attached hydrogens (tertiary/aromatic N) is 1. The van der Waals surface area contributed by atoms with E-state index >= 15 is 0 Å². The lowest BCUT2D eigenvalue weighted by Crippen LogP contribution is -2.37. The highest BCUT2D eigenvalue weighted by molar-refractivity contribution is 7.47. The van der Waals surface area contributed by atoms with Crippen LogP contribution in [-0.2, 0) is 37.4 Å². The number of epoxide rings is 1. The summed E-state index contributed by atoms with van der Waals surface area (Å²) in [4.78, 5) is 35.4. The Morgan fingerprint density at radius 2 is 1.12 bits per heavy atom. The maximum Gasteiger partial charge on any atom is 0.472 e. The Morgan fingerprint density at radius 1 is 0.632 bits per heavy atom. The van der Waals surface area contributed by atoms with Crippen LogP contribution in [0.1, 0.15) is 168 Å². The second kappa shape index (κ2) is 34.8. The van der Waals surface area contributed by atoms with Crippen molar-refractivity contribution in [3.8, 4) is 0 Å². The summed E-state index contributed by atoms with van der Waals surface area (Å²) in [6.45, 7) is 4.29. The SMILES string of the molecule is CCCCC/C=C\C/C=C\CC1OC1C/C=C\CCCC(=O)OC[C@H](COP(=O)(O)OCC[N+](C)(C)C)OC(=O)CCCCCCC/C=C\CCCCCCCC. The molecule has 0 aromatic carbocycles. The zero-order chi connectivity index (χ0) is 41.9. The standard InChI is InChI=1S/C46H82NO9P/c1-6-8-10-12-14-16-17-18-19-20-21-23-25-27-33-37-46(49)55-42(41-54-57(50,51)53-39-38-47(3,4)5)40-52-45(48)36-32-29-28-31-35-44-43(56-44)34-30-26-24-22-15-13-11-9-7-2/h15,18-19,22,26,28,30-31,42-44H,6-14,16-17,20-21,23-25,27,29,32-41H2,1-5H3/p+1/b19-18-,22-15-,30-26-,31-28-/t42-,43?,44?/m1/s1. The number of esters is 2. The molecule has 1 N–H and O–H groups in total. The summed E-state index contributed by atoms with van der Waals surface area (Å²) in [5.41, 5.74) is 0. The van der Waals surface area contributed by atoms with Gasteiger partial charge in [0, 0.05) is 12.8 Å². The van der Waals surface area contributed by atoms with E-state index in [-0.39, 0.29) is 38.3 Å². The molecule has 0 radical (unpaired) electrons. The number of carbonyl (C=O) groups excluding carboxylic acids is 2. The van der Waals surface area contributed by atoms with E-state index < -0.39 is 32.5 Å². The van der Waals surface area contributed by atoms with Gasteiger partial charge in [-0.2, -0.15) is 0 Å². The highest BCUT2D eigenvalue weighted by atomic mass is 31.2. The number of phosphoric acid groups is 1. The first-order valence-corrected chi connectivity index (χ1v) is 24.0. The van der Waals surface area contributed by atoms with Crippen LogP contribution in [-0.4, -0.2) is 87.1 Å². The number of hydrogen-bond acceptors (Lipinski definition) is 8. The molecule has 10 nitrogen and oxygen atoms in total. The molecule has 1 fully saturated rings. The van der Waals surface area contributed by atoms with E-state index in [2.05, 4.69) is 62.5 Å². The van der Waals surface area contributed by atoms with Crippen LogP contribution in [0.3, 0.4) is 0 Å². The molecule has 3 unspecified atom stereocenters. The van der Waals surface area contributed by atoms with Crippen molar-refractivity contribution in [2.45, 2.75) is 186 Å². The number of carbonyl (C=O) groups is 2. The molecule has 0 spiro atoms. The van der Waals surface area contributed by atoms with Gasteiger partial charge in [-0.25, -0.2) is 4.57 Å². The van der Waals surface area contributed by atoms with Gasteiger partial charge in [0.2, 0.25) is 0 Å². The van der Waals surface area contributed by atoms with Crippen molar-refractivity contribution in [1.82, 2.24) is 0 Å². The Balaban J connectivity index is 2.33. The van der Waals surface area contributed by atoms with Crippen molar-refractivity contribution in [1.29, 1.82) is 0 Å². The molecule has 1 aliphatic rings. The maximum atomic E-state index is 12.7. The predicted molar refractivity (Wildman–Crippen MR) is 233 cm³/mol. The fourth-order valence-electron chi connectivity index (χ4n) is 6.04. The van der Waals surface area contributed by atoms with E-state index in [4.69, 9.17) is 23.3 Å². The van der Waals surface area contributed by atoms with Crippen molar-refractivity contribution in [3.05, 3.63) is 48.6 Å². The molecule has 0 bridgehead atoms. The zero-order valence-corrected chi connectivity index (χ0v) is 37.7. The molecule has 330 valence electrons. The van der Waals surface area contributed by atoms with Crippen LogP contribution >= 0.6 is 7.82 Å². The molecule has 57 heavy (non-hydrogen) atoms. The molecule has 1 aliphatic heterocycles. The summed E-state index contributed by atoms with van der Waals surface area (Å²) in [5, 5.41) is 0. The van der Waals surface area contributed by atoms with Crippen LogP contribution in [0.5, 0.6) is 0 Å². The number of phosphoric ester groups is 1. The molecule has 1 heterocycles. The fraction of sp³-hybridized carbons (Fsp3) is 0.783. The molecule has 0 aliphatic carbocycles. The topological polar surface area (TPSA) is 121 Å². The maximum absolute atomic E-state index is 12.7. The number of ether oxygens (including phenoxy) is 3. The van der Waals surface area contributed by atoms with E-state index in [1.165, 1.54) is 70.6 Å². The monoisotopic (exact) mass is 825 g/mol. The first-order chi connectivity index (χ1) is 27.5. The highest BCUT2D eigenvalue weighted by Gasteiger charge is 2.36. The summed E-state index contributed by atoms with van der Waals surface area (Å²) >= 11 is 0. The quantitative estimate of drug-likeness (QED) is 0.0161. The van der Waals surface area contributed by atoms with Gasteiger partial charge in [-0.05, 0) is 77.0 Å². The molecule has 0 amide bonds. The average Bonchev–Trinajstić information content (AvgIpc) is 3.92. The van der Waals surface area contributed by atoms with Crippen molar-refractivity contribution >= 4 is 19.8 Å². The first-order valence-electron chi connectivity index (χ1n) is 22.5. The summed E-state index contributed by atoms with van der Waals surface area (Å²) in [6.07, 6.45) is 41.8. The predicted octanol–water partition coefficient (Wildman–Crippen LogP) is 11.7. The number of hydrogen-bond donors (Lipinski definition) is 1. The molecule has 11 heteroatoms. The molecule has 1 saturated heterocycles. The lowest BCUT2D eigenvalue weighted by Gasteiger charge is -2.24. The third kappa shape index (κ3) is 35.6. The lowest BCUT2D eigenvalue weighted by atomic mass is 10.1. The van der Waals surface area contributed by atoms with Crippen LogP contribution < -0.4 is 0 Å². The molecular formula is C46H83NO9P+. The molecule has 0 saturated carbocycles. The highest BCUT2D eigenvalue weighted by Crippen LogP contribution is 2.43. The van der Waals surface area contributed by atoms with Crippen molar-refractivity contribution in [2.75, 3.05) is 47.5 Å². The molecule has 4 atom stereocenters. The van der Waals surface area contributed by atoms with Gasteiger partial charge in [-0.3, -0.25) is 18.6 Å². The fourth-order valence-corrected chi connectivity index (χ4v) is 6.78. The molecule has 0 aromatic heterocycles. The minimum Gasteiger partial charge on any atom is -0.462 e. The Kier molecular flexibility index (Phi) is 32.3. The van der Waals surface area contributed by atoms with Crippen molar-refractivity contribution in [3.63, 3.8) is 0 Å². The third-order valence-electron chi connectivity index (χ3n) is 9.73. The second-order valence-corrected chi connectivity index (χ2v) is 17.9. The number of allylic oxidation sites excluding steroid dienone is 6. The van der Waals surface area contributed by atoms with E-state index in [9.17, 15) is 19.0 Å². The van der Waals surface area contributed by atoms with Gasteiger partial charge in [-0.1, -0.05) is 127 Å². The van der Waals surface area contributed by atoms with Crippen molar-refractivity contribution < 1.29 is 46.8 Å². The van der Waals surface area contributed by atoms with Gasteiger partial charge >= 0.3 is 19.8 Å². The first kappa shape index (κ1) is 52.9. The van der Waals surface area contributed by atoms with Crippen LogP contribution in [0.2, 0.25) is 0 Å². The van der Waals surface area contributed by atoms with Gasteiger partial charge < -0.3 is 23.6 Å². The molecule has 0 aromatic rings. The molecular weight excluding hydrogens is 741 g/mol. The van der Waals surface area contributed by atoms with Gasteiger partial charge in [0.25, 0.3) is 0 Å². The smallest absolute Gasteiger partial charge is 0.462 e. The van der Waals surface area contributed by atoms with Gasteiger partial charge in [0.1, 0.15) is 19.8 Å². The number of unbranched alkanes of at least 4 members (excludes halogenated alkanes) is 15. The van der Waals surface area contributed by atoms with Crippen LogP contribution in [0, 0.1) is 0 Å². The zero-order valence-electron chi connectivity index (χ0n) is 36.8. The molecule has 1 rings (SSSR count). The summed E-state index contributed by atoms with van der Waals surface area (Å²) in [7, 11) is 1.43. The minimum absolute atomic E-state index is 0.0175. The normalized spacial score (nSPS) is 17.6. The Morgan fingerprint density at radius 3 is 1.77 bits per heavy atom. The summed E-state index contributed by atoms with van der Waals surface area (Å²) in [6, 6.07) is 0. The second-order valence-electron chi connectivity index (χ2n) is 16.5. The number of likely N-dealkylation sites (N-methyl/N-ethyl adjacent to an activating group) is 1. The van der Waals surface area contributed by atoms with Gasteiger partial charge in [-0.15, -0.1) is 0 Å². The largest absolute Gasteiger partial charge is 0.472 e. The van der Waals surface area contributed by atoms with E-state index in [1.54, 1.807) is 0 Å². The van der Waals surface area contributed by atoms with Crippen LogP contribution in [0.4, 0.5) is 0 Å². The number of quaternary nitrogens is 1. The summed E-state index contributed by atoms with van der Waals surface area (Å²) < 4.78 is 40.0. The Labute approximate surface area is 348 Å². The van der Waals surface area contributed by atoms with Crippen LogP contribution in [0.15, 0.2) is 48.6 Å². The van der Waals surface area contributed by atoms with Gasteiger partial charge in [0.15, 0.2) is 6.10 Å². The minimum atomic E-state index is -4.40.